The maximum absolute atomic E-state index is 13.7. The highest BCUT2D eigenvalue weighted by Crippen LogP contribution is 2.26. The average molecular weight is 618 g/mol. The number of pyridine rings is 1. The third-order valence-corrected chi connectivity index (χ3v) is 8.23. The topological polar surface area (TPSA) is 136 Å². The first kappa shape index (κ1) is 29.0. The molecule has 1 fully saturated rings. The summed E-state index contributed by atoms with van der Waals surface area (Å²) in [5.41, 5.74) is 3.96. The Hall–Kier alpha value is -5.71. The number of ether oxygens (including phenoxy) is 2. The summed E-state index contributed by atoms with van der Waals surface area (Å²) in [7, 11) is 0. The summed E-state index contributed by atoms with van der Waals surface area (Å²) in [5.74, 6) is 0.440. The molecule has 0 aliphatic carbocycles. The fourth-order valence-electron chi connectivity index (χ4n) is 5.76. The van der Waals surface area contributed by atoms with Gasteiger partial charge in [0.05, 0.1) is 18.0 Å². The van der Waals surface area contributed by atoms with Gasteiger partial charge in [-0.3, -0.25) is 19.4 Å². The SMILES string of the molecule is O=C1COc2cccc(c2)-c2cncc(c2)C(=O)N[C@@H]2CN(C(=O)Cc3noc4ccccc34)CC[C@@H]2Oc2ccc(cc2)CN1. The van der Waals surface area contributed by atoms with Gasteiger partial charge < -0.3 is 29.5 Å². The van der Waals surface area contributed by atoms with Crippen molar-refractivity contribution >= 4 is 28.7 Å². The zero-order valence-electron chi connectivity index (χ0n) is 24.8. The number of rotatable bonds is 2. The van der Waals surface area contributed by atoms with Crippen LogP contribution in [0.2, 0.25) is 0 Å². The minimum Gasteiger partial charge on any atom is -0.488 e. The van der Waals surface area contributed by atoms with Crippen molar-refractivity contribution in [2.75, 3.05) is 19.7 Å². The smallest absolute Gasteiger partial charge is 0.258 e. The quantitative estimate of drug-likeness (QED) is 0.304. The minimum atomic E-state index is -0.510. The molecule has 5 heterocycles. The van der Waals surface area contributed by atoms with E-state index in [1.54, 1.807) is 29.3 Å². The van der Waals surface area contributed by atoms with E-state index in [4.69, 9.17) is 14.0 Å². The molecule has 8 rings (SSSR count). The van der Waals surface area contributed by atoms with E-state index in [0.29, 0.717) is 53.4 Å². The number of hydrogen-bond donors (Lipinski definition) is 2. The highest BCUT2D eigenvalue weighted by Gasteiger charge is 2.35. The van der Waals surface area contributed by atoms with E-state index in [9.17, 15) is 14.4 Å². The lowest BCUT2D eigenvalue weighted by atomic mass is 10.00. The fraction of sp³-hybridized carbons (Fsp3) is 0.229. The Morgan fingerprint density at radius 3 is 2.65 bits per heavy atom. The minimum absolute atomic E-state index is 0.0793. The molecule has 3 aliphatic rings. The number of benzene rings is 3. The monoisotopic (exact) mass is 617 g/mol. The lowest BCUT2D eigenvalue weighted by Gasteiger charge is -2.39. The molecule has 3 amide bonds. The summed E-state index contributed by atoms with van der Waals surface area (Å²) in [4.78, 5) is 45.7. The van der Waals surface area contributed by atoms with Gasteiger partial charge in [0.1, 0.15) is 23.3 Å². The second kappa shape index (κ2) is 12.7. The van der Waals surface area contributed by atoms with E-state index in [-0.39, 0.29) is 37.3 Å². The van der Waals surface area contributed by atoms with Crippen LogP contribution in [0.4, 0.5) is 0 Å². The van der Waals surface area contributed by atoms with Gasteiger partial charge in [0.2, 0.25) is 5.91 Å². The Balaban J connectivity index is 1.16. The predicted octanol–water partition coefficient (Wildman–Crippen LogP) is 3.92. The molecular weight excluding hydrogens is 586 g/mol. The number of fused-ring (bicyclic) bond motifs is 8. The molecule has 3 aromatic carbocycles. The molecule has 3 aliphatic heterocycles. The molecule has 2 aromatic heterocycles. The van der Waals surface area contributed by atoms with Crippen molar-refractivity contribution in [3.63, 3.8) is 0 Å². The number of carbonyl (C=O) groups is 3. The van der Waals surface area contributed by atoms with Crippen LogP contribution in [0, 0.1) is 0 Å². The van der Waals surface area contributed by atoms with Crippen LogP contribution in [0.25, 0.3) is 22.1 Å². The van der Waals surface area contributed by atoms with Crippen LogP contribution in [0.15, 0.2) is 95.8 Å². The number of amides is 3. The molecule has 2 N–H and O–H groups in total. The van der Waals surface area contributed by atoms with Gasteiger partial charge in [-0.15, -0.1) is 0 Å². The maximum Gasteiger partial charge on any atom is 0.258 e. The van der Waals surface area contributed by atoms with Crippen molar-refractivity contribution in [1.82, 2.24) is 25.7 Å². The number of piperidine rings is 1. The number of carbonyl (C=O) groups excluding carboxylic acids is 3. The maximum atomic E-state index is 13.7. The molecule has 0 unspecified atom stereocenters. The van der Waals surface area contributed by atoms with Gasteiger partial charge in [-0.05, 0) is 53.6 Å². The molecule has 1 saturated heterocycles. The number of likely N-dealkylation sites (tertiary alicyclic amines) is 1. The van der Waals surface area contributed by atoms with E-state index in [2.05, 4.69) is 20.8 Å². The zero-order chi connectivity index (χ0) is 31.5. The Bertz CT molecular complexity index is 1910. The summed E-state index contributed by atoms with van der Waals surface area (Å²) in [6, 6.07) is 23.4. The van der Waals surface area contributed by atoms with E-state index < -0.39 is 12.1 Å². The first-order valence-corrected chi connectivity index (χ1v) is 15.1. The Morgan fingerprint density at radius 1 is 0.913 bits per heavy atom. The van der Waals surface area contributed by atoms with Gasteiger partial charge in [0, 0.05) is 49.4 Å². The van der Waals surface area contributed by atoms with Gasteiger partial charge in [0.25, 0.3) is 11.8 Å². The first-order chi connectivity index (χ1) is 22.5. The molecule has 11 heteroatoms. The van der Waals surface area contributed by atoms with Gasteiger partial charge in [-0.1, -0.05) is 41.6 Å². The average Bonchev–Trinajstić information content (AvgIpc) is 3.50. The first-order valence-electron chi connectivity index (χ1n) is 15.1. The number of nitrogens with one attached hydrogen (secondary N) is 2. The largest absolute Gasteiger partial charge is 0.488 e. The van der Waals surface area contributed by atoms with Crippen LogP contribution in [0.3, 0.4) is 0 Å². The Kier molecular flexibility index (Phi) is 8.03. The Morgan fingerprint density at radius 2 is 1.76 bits per heavy atom. The van der Waals surface area contributed by atoms with E-state index in [1.807, 2.05) is 60.7 Å². The number of hydrogen-bond acceptors (Lipinski definition) is 8. The van der Waals surface area contributed by atoms with Gasteiger partial charge >= 0.3 is 0 Å². The summed E-state index contributed by atoms with van der Waals surface area (Å²) >= 11 is 0. The summed E-state index contributed by atoms with van der Waals surface area (Å²) in [6.45, 7) is 0.900. The summed E-state index contributed by atoms with van der Waals surface area (Å²) < 4.78 is 17.5. The van der Waals surface area contributed by atoms with Crippen molar-refractivity contribution < 1.29 is 28.4 Å². The van der Waals surface area contributed by atoms with E-state index in [0.717, 1.165) is 16.5 Å². The second-order valence-electron chi connectivity index (χ2n) is 11.4. The van der Waals surface area contributed by atoms with Gasteiger partial charge in [-0.25, -0.2) is 0 Å². The molecule has 0 spiro atoms. The molecule has 11 nitrogen and oxygen atoms in total. The van der Waals surface area contributed by atoms with Crippen LogP contribution in [-0.2, 0) is 22.6 Å². The van der Waals surface area contributed by atoms with E-state index in [1.165, 1.54) is 6.20 Å². The van der Waals surface area contributed by atoms with Crippen molar-refractivity contribution in [2.45, 2.75) is 31.5 Å². The lowest BCUT2D eigenvalue weighted by Crippen LogP contribution is -2.58. The van der Waals surface area contributed by atoms with Crippen molar-refractivity contribution in [3.05, 3.63) is 108 Å². The van der Waals surface area contributed by atoms with Crippen LogP contribution in [0.1, 0.15) is 28.0 Å². The normalized spacial score (nSPS) is 18.5. The third-order valence-electron chi connectivity index (χ3n) is 8.23. The standard InChI is InChI=1S/C35H31N5O6/c41-33-21-44-27-5-3-4-23(15-27)24-14-25(19-36-18-24)35(43)38-30-20-40(34(42)16-29-28-6-1-2-7-31(28)46-39-29)13-12-32(30)45-26-10-8-22(9-11-26)17-37-33/h1-11,14-15,18-19,30,32H,12-13,16-17,20-21H2,(H,37,41)(H,38,43)/t30-,32+/m1/s1. The highest BCUT2D eigenvalue weighted by molar-refractivity contribution is 5.95. The summed E-state index contributed by atoms with van der Waals surface area (Å²) in [5, 5.41) is 10.9. The Labute approximate surface area is 264 Å². The molecule has 5 aromatic rings. The highest BCUT2D eigenvalue weighted by atomic mass is 16.5. The van der Waals surface area contributed by atoms with E-state index >= 15 is 0 Å². The zero-order valence-corrected chi connectivity index (χ0v) is 24.8. The molecule has 0 saturated carbocycles. The summed E-state index contributed by atoms with van der Waals surface area (Å²) in [6.07, 6.45) is 3.35. The molecule has 6 bridgehead atoms. The predicted molar refractivity (Wildman–Crippen MR) is 168 cm³/mol. The molecule has 0 radical (unpaired) electrons. The second-order valence-corrected chi connectivity index (χ2v) is 11.4. The number of nitrogens with zero attached hydrogens (tertiary/aromatic N) is 3. The lowest BCUT2D eigenvalue weighted by molar-refractivity contribution is -0.133. The molecule has 46 heavy (non-hydrogen) atoms. The van der Waals surface area contributed by atoms with Gasteiger partial charge in [-0.2, -0.15) is 0 Å². The number of para-hydroxylation sites is 1. The van der Waals surface area contributed by atoms with Crippen LogP contribution in [-0.4, -0.2) is 64.6 Å². The van der Waals surface area contributed by atoms with Crippen LogP contribution < -0.4 is 20.1 Å². The van der Waals surface area contributed by atoms with Crippen molar-refractivity contribution in [2.24, 2.45) is 0 Å². The van der Waals surface area contributed by atoms with Crippen LogP contribution in [0.5, 0.6) is 11.5 Å². The van der Waals surface area contributed by atoms with Gasteiger partial charge in [0.15, 0.2) is 12.2 Å². The number of aromatic nitrogens is 2. The van der Waals surface area contributed by atoms with Crippen molar-refractivity contribution in [1.29, 1.82) is 0 Å². The molecule has 2 atom stereocenters. The van der Waals surface area contributed by atoms with Crippen LogP contribution >= 0.6 is 0 Å². The molecule has 232 valence electrons. The fourth-order valence-corrected chi connectivity index (χ4v) is 5.76. The molecular formula is C35H31N5O6. The third kappa shape index (κ3) is 6.39. The van der Waals surface area contributed by atoms with Crippen molar-refractivity contribution in [3.8, 4) is 22.6 Å².